The minimum absolute atomic E-state index is 1.15. The first-order chi connectivity index (χ1) is 25.8. The van der Waals surface area contributed by atoms with Crippen molar-refractivity contribution in [2.45, 2.75) is 0 Å². The molecule has 9 aromatic carbocycles. The van der Waals surface area contributed by atoms with Crippen LogP contribution < -0.4 is 0 Å². The Balaban J connectivity index is 1.13. The summed E-state index contributed by atoms with van der Waals surface area (Å²) < 4.78 is 4.88. The molecule has 52 heavy (non-hydrogen) atoms. The van der Waals surface area contributed by atoms with Gasteiger partial charge >= 0.3 is 0 Å². The Bertz CT molecular complexity index is 3170. The molecule has 11 aromatic rings. The van der Waals surface area contributed by atoms with Crippen LogP contribution in [0.25, 0.3) is 98.8 Å². The second-order valence-electron chi connectivity index (χ2n) is 13.7. The molecule has 11 rings (SSSR count). The molecular formula is C50H32N2. The van der Waals surface area contributed by atoms with Crippen molar-refractivity contribution in [1.82, 2.24) is 9.13 Å². The minimum atomic E-state index is 1.15. The summed E-state index contributed by atoms with van der Waals surface area (Å²) in [5, 5.41) is 10.1. The van der Waals surface area contributed by atoms with E-state index in [4.69, 9.17) is 0 Å². The Labute approximate surface area is 301 Å². The average Bonchev–Trinajstić information content (AvgIpc) is 3.73. The Morgan fingerprint density at radius 1 is 0.269 bits per heavy atom. The van der Waals surface area contributed by atoms with E-state index in [1.807, 2.05) is 0 Å². The van der Waals surface area contributed by atoms with Gasteiger partial charge in [-0.3, -0.25) is 0 Å². The standard InChI is InChI=1S/C50H32N2/c1-3-18-39-33(12-1)14-10-22-41(39)35-26-28-37(29-27-35)51-45-24-7-5-20-43(45)49-47(51)30-31-48-50(49)44-21-6-8-25-46(44)52(48)38-17-9-16-36(32-38)42-23-11-15-34-13-2-4-19-40(34)42/h1-32H. The lowest BCUT2D eigenvalue weighted by molar-refractivity contribution is 1.17. The van der Waals surface area contributed by atoms with E-state index in [1.54, 1.807) is 0 Å². The van der Waals surface area contributed by atoms with Gasteiger partial charge in [-0.05, 0) is 92.3 Å². The quantitative estimate of drug-likeness (QED) is 0.178. The lowest BCUT2D eigenvalue weighted by Gasteiger charge is -2.12. The van der Waals surface area contributed by atoms with Gasteiger partial charge in [0, 0.05) is 32.9 Å². The Kier molecular flexibility index (Phi) is 6.28. The highest BCUT2D eigenvalue weighted by molar-refractivity contribution is 6.29. The first-order valence-electron chi connectivity index (χ1n) is 17.9. The number of hydrogen-bond donors (Lipinski definition) is 0. The zero-order valence-corrected chi connectivity index (χ0v) is 28.4. The molecule has 0 radical (unpaired) electrons. The van der Waals surface area contributed by atoms with Gasteiger partial charge in [-0.15, -0.1) is 0 Å². The van der Waals surface area contributed by atoms with Crippen molar-refractivity contribution in [3.8, 4) is 33.6 Å². The smallest absolute Gasteiger partial charge is 0.0548 e. The fourth-order valence-corrected chi connectivity index (χ4v) is 8.63. The second kappa shape index (κ2) is 11.3. The fraction of sp³-hybridized carbons (Fsp3) is 0. The molecule has 0 saturated heterocycles. The normalized spacial score (nSPS) is 11.8. The maximum Gasteiger partial charge on any atom is 0.0548 e. The number of aromatic nitrogens is 2. The van der Waals surface area contributed by atoms with Gasteiger partial charge in [0.25, 0.3) is 0 Å². The van der Waals surface area contributed by atoms with Crippen LogP contribution in [0.5, 0.6) is 0 Å². The molecule has 2 nitrogen and oxygen atoms in total. The largest absolute Gasteiger partial charge is 0.309 e. The van der Waals surface area contributed by atoms with E-state index in [2.05, 4.69) is 203 Å². The molecule has 0 aliphatic carbocycles. The lowest BCUT2D eigenvalue weighted by atomic mass is 9.98. The predicted octanol–water partition coefficient (Wildman–Crippen LogP) is 13.5. The third kappa shape index (κ3) is 4.25. The van der Waals surface area contributed by atoms with Gasteiger partial charge in [0.05, 0.1) is 22.1 Å². The predicted molar refractivity (Wildman–Crippen MR) is 221 cm³/mol. The third-order valence-electron chi connectivity index (χ3n) is 10.9. The fourth-order valence-electron chi connectivity index (χ4n) is 8.63. The van der Waals surface area contributed by atoms with Crippen molar-refractivity contribution in [3.05, 3.63) is 194 Å². The van der Waals surface area contributed by atoms with Crippen LogP contribution in [0.2, 0.25) is 0 Å². The van der Waals surface area contributed by atoms with Gasteiger partial charge in [-0.2, -0.15) is 0 Å². The minimum Gasteiger partial charge on any atom is -0.309 e. The molecule has 0 unspecified atom stereocenters. The Morgan fingerprint density at radius 2 is 0.731 bits per heavy atom. The molecule has 0 fully saturated rings. The number of benzene rings is 9. The average molecular weight is 661 g/mol. The summed E-state index contributed by atoms with van der Waals surface area (Å²) in [6.45, 7) is 0. The molecule has 0 atom stereocenters. The summed E-state index contributed by atoms with van der Waals surface area (Å²) in [6.07, 6.45) is 0. The number of rotatable bonds is 4. The van der Waals surface area contributed by atoms with E-state index < -0.39 is 0 Å². The van der Waals surface area contributed by atoms with Crippen molar-refractivity contribution in [2.24, 2.45) is 0 Å². The van der Waals surface area contributed by atoms with E-state index in [0.29, 0.717) is 0 Å². The molecule has 2 heterocycles. The third-order valence-corrected chi connectivity index (χ3v) is 10.9. The Morgan fingerprint density at radius 3 is 1.33 bits per heavy atom. The van der Waals surface area contributed by atoms with Crippen LogP contribution in [0.4, 0.5) is 0 Å². The van der Waals surface area contributed by atoms with Gasteiger partial charge in [0.2, 0.25) is 0 Å². The molecular weight excluding hydrogens is 629 g/mol. The van der Waals surface area contributed by atoms with Crippen LogP contribution >= 0.6 is 0 Å². The number of nitrogens with zero attached hydrogens (tertiary/aromatic N) is 2. The van der Waals surface area contributed by atoms with Crippen molar-refractivity contribution in [1.29, 1.82) is 0 Å². The summed E-state index contributed by atoms with van der Waals surface area (Å²) in [4.78, 5) is 0. The molecule has 0 bridgehead atoms. The molecule has 2 heteroatoms. The highest BCUT2D eigenvalue weighted by Gasteiger charge is 2.20. The van der Waals surface area contributed by atoms with Gasteiger partial charge in [-0.25, -0.2) is 0 Å². The summed E-state index contributed by atoms with van der Waals surface area (Å²) in [5.74, 6) is 0. The van der Waals surface area contributed by atoms with Gasteiger partial charge in [0.15, 0.2) is 0 Å². The van der Waals surface area contributed by atoms with Crippen molar-refractivity contribution in [3.63, 3.8) is 0 Å². The van der Waals surface area contributed by atoms with Crippen LogP contribution in [0.15, 0.2) is 194 Å². The van der Waals surface area contributed by atoms with E-state index in [1.165, 1.54) is 87.4 Å². The van der Waals surface area contributed by atoms with E-state index in [9.17, 15) is 0 Å². The van der Waals surface area contributed by atoms with Crippen molar-refractivity contribution < 1.29 is 0 Å². The first-order valence-corrected chi connectivity index (χ1v) is 17.9. The molecule has 0 amide bonds. The van der Waals surface area contributed by atoms with Crippen LogP contribution in [-0.4, -0.2) is 9.13 Å². The molecule has 242 valence electrons. The van der Waals surface area contributed by atoms with Crippen LogP contribution in [-0.2, 0) is 0 Å². The van der Waals surface area contributed by atoms with E-state index >= 15 is 0 Å². The highest BCUT2D eigenvalue weighted by Crippen LogP contribution is 2.43. The number of fused-ring (bicyclic) bond motifs is 9. The van der Waals surface area contributed by atoms with Crippen LogP contribution in [0.3, 0.4) is 0 Å². The second-order valence-corrected chi connectivity index (χ2v) is 13.7. The zero-order chi connectivity index (χ0) is 34.2. The topological polar surface area (TPSA) is 9.86 Å². The molecule has 0 aliphatic rings. The molecule has 2 aromatic heterocycles. The van der Waals surface area contributed by atoms with Gasteiger partial charge in [0.1, 0.15) is 0 Å². The highest BCUT2D eigenvalue weighted by atomic mass is 15.0. The summed E-state index contributed by atoms with van der Waals surface area (Å²) in [6, 6.07) is 70.9. The number of hydrogen-bond acceptors (Lipinski definition) is 0. The maximum atomic E-state index is 2.45. The maximum absolute atomic E-state index is 2.45. The summed E-state index contributed by atoms with van der Waals surface area (Å²) in [7, 11) is 0. The van der Waals surface area contributed by atoms with Crippen molar-refractivity contribution >= 4 is 65.2 Å². The lowest BCUT2D eigenvalue weighted by Crippen LogP contribution is -1.95. The molecule has 0 spiro atoms. The van der Waals surface area contributed by atoms with E-state index in [-0.39, 0.29) is 0 Å². The summed E-state index contributed by atoms with van der Waals surface area (Å²) >= 11 is 0. The summed E-state index contributed by atoms with van der Waals surface area (Å²) in [5.41, 5.74) is 12.1. The SMILES string of the molecule is c1cc(-c2cccc3ccccc23)cc(-n2c3ccccc3c3c4c5ccccc5n(-c5ccc(-c6cccc7ccccc67)cc5)c4ccc32)c1. The first kappa shape index (κ1) is 28.9. The monoisotopic (exact) mass is 660 g/mol. The number of para-hydroxylation sites is 2. The van der Waals surface area contributed by atoms with Crippen LogP contribution in [0.1, 0.15) is 0 Å². The van der Waals surface area contributed by atoms with Crippen molar-refractivity contribution in [2.75, 3.05) is 0 Å². The zero-order valence-electron chi connectivity index (χ0n) is 28.4. The van der Waals surface area contributed by atoms with Crippen LogP contribution in [0, 0.1) is 0 Å². The van der Waals surface area contributed by atoms with E-state index in [0.717, 1.165) is 11.4 Å². The van der Waals surface area contributed by atoms with Gasteiger partial charge < -0.3 is 9.13 Å². The van der Waals surface area contributed by atoms with Gasteiger partial charge in [-0.1, -0.05) is 146 Å². The molecule has 0 aliphatic heterocycles. The molecule has 0 N–H and O–H groups in total. The molecule has 0 saturated carbocycles. The Hall–Kier alpha value is -6.90.